The van der Waals surface area contributed by atoms with E-state index in [0.717, 1.165) is 27.4 Å². The van der Waals surface area contributed by atoms with E-state index in [0.29, 0.717) is 15.6 Å². The maximum absolute atomic E-state index is 10.6. The maximum Gasteiger partial charge on any atom is 0.139 e. The first-order valence-electron chi connectivity index (χ1n) is 8.53. The number of rotatable bonds is 3. The summed E-state index contributed by atoms with van der Waals surface area (Å²) in [7, 11) is 0. The van der Waals surface area contributed by atoms with Gasteiger partial charge in [0.2, 0.25) is 0 Å². The Balaban J connectivity index is 1.71. The fourth-order valence-electron chi connectivity index (χ4n) is 3.30. The highest BCUT2D eigenvalue weighted by atomic mass is 35.5. The number of nitrogens with one attached hydrogen (secondary N) is 1. The first-order valence-corrected chi connectivity index (χ1v) is 9.73. The van der Waals surface area contributed by atoms with Crippen molar-refractivity contribution in [1.29, 1.82) is 5.41 Å². The molecular weight excluding hydrogens is 378 g/mol. The highest BCUT2D eigenvalue weighted by Gasteiger charge is 2.32. The van der Waals surface area contributed by atoms with Crippen LogP contribution in [0.15, 0.2) is 54.3 Å². The van der Waals surface area contributed by atoms with E-state index < -0.39 is 0 Å². The molecule has 2 N–H and O–H groups in total. The lowest BCUT2D eigenvalue weighted by molar-refractivity contribution is 0.411. The minimum atomic E-state index is 0.169. The molecule has 0 unspecified atom stereocenters. The van der Waals surface area contributed by atoms with Gasteiger partial charge in [-0.1, -0.05) is 41.9 Å². The summed E-state index contributed by atoms with van der Waals surface area (Å²) in [4.78, 5) is 7.59. The molecule has 3 aromatic rings. The minimum absolute atomic E-state index is 0.169. The lowest BCUT2D eigenvalue weighted by atomic mass is 10.1. The zero-order valence-electron chi connectivity index (χ0n) is 15.0. The Morgan fingerprint density at radius 3 is 2.59 bits per heavy atom. The van der Waals surface area contributed by atoms with Gasteiger partial charge >= 0.3 is 0 Å². The summed E-state index contributed by atoms with van der Waals surface area (Å²) in [6.07, 6.45) is 0. The summed E-state index contributed by atoms with van der Waals surface area (Å²) in [5.41, 5.74) is 4.25. The Labute approximate surface area is 166 Å². The summed E-state index contributed by atoms with van der Waals surface area (Å²) in [5.74, 6) is 0.425. The van der Waals surface area contributed by atoms with Crippen molar-refractivity contribution < 1.29 is 5.11 Å². The van der Waals surface area contributed by atoms with Crippen molar-refractivity contribution in [2.45, 2.75) is 13.8 Å². The topological polar surface area (TPSA) is 60.2 Å². The van der Waals surface area contributed by atoms with Crippen LogP contribution in [0.2, 0.25) is 5.02 Å². The molecule has 4 rings (SSSR count). The number of anilines is 1. The molecule has 136 valence electrons. The fraction of sp³-hybridized carbons (Fsp3) is 0.143. The average Bonchev–Trinajstić information content (AvgIpc) is 3.15. The maximum atomic E-state index is 10.6. The summed E-state index contributed by atoms with van der Waals surface area (Å²) in [6.45, 7) is 4.22. The Bertz CT molecular complexity index is 1070. The average molecular weight is 396 g/mol. The molecule has 0 atom stereocenters. The standard InChI is InChI=1S/C21H18ClN3OS/c1-12-10-15(22)8-9-16(12)25-11-17(26)18(20(25)23)21-24-19(13(2)27-21)14-6-4-3-5-7-14/h3-10,23,26H,11H2,1-2H3. The van der Waals surface area contributed by atoms with Crippen LogP contribution in [0.25, 0.3) is 16.8 Å². The number of aliphatic hydroxyl groups is 1. The van der Waals surface area contributed by atoms with Crippen LogP contribution in [-0.4, -0.2) is 22.5 Å². The summed E-state index contributed by atoms with van der Waals surface area (Å²) < 4.78 is 0. The van der Waals surface area contributed by atoms with E-state index in [9.17, 15) is 5.11 Å². The third kappa shape index (κ3) is 3.13. The first kappa shape index (κ1) is 17.8. The Kier molecular flexibility index (Phi) is 4.50. The number of thiazole rings is 1. The van der Waals surface area contributed by atoms with Gasteiger partial charge in [0, 0.05) is 21.2 Å². The van der Waals surface area contributed by atoms with E-state index in [1.165, 1.54) is 11.3 Å². The first-order chi connectivity index (χ1) is 13.0. The second-order valence-corrected chi connectivity index (χ2v) is 8.12. The third-order valence-corrected chi connectivity index (χ3v) is 5.83. The van der Waals surface area contributed by atoms with Gasteiger partial charge in [-0.05, 0) is 37.6 Å². The molecule has 0 spiro atoms. The van der Waals surface area contributed by atoms with Crippen LogP contribution >= 0.6 is 22.9 Å². The normalized spacial score (nSPS) is 14.3. The zero-order valence-corrected chi connectivity index (χ0v) is 16.5. The van der Waals surface area contributed by atoms with Crippen molar-refractivity contribution in [3.05, 3.63) is 74.8 Å². The lowest BCUT2D eigenvalue weighted by Gasteiger charge is -2.21. The molecule has 1 aliphatic heterocycles. The molecule has 0 amide bonds. The van der Waals surface area contributed by atoms with Gasteiger partial charge in [-0.2, -0.15) is 0 Å². The quantitative estimate of drug-likeness (QED) is 0.585. The Morgan fingerprint density at radius 2 is 1.89 bits per heavy atom. The number of amidine groups is 1. The molecule has 6 heteroatoms. The third-order valence-electron chi connectivity index (χ3n) is 4.61. The number of hydrogen-bond donors (Lipinski definition) is 2. The minimum Gasteiger partial charge on any atom is -0.510 e. The molecule has 0 saturated heterocycles. The molecule has 1 aliphatic rings. The van der Waals surface area contributed by atoms with Gasteiger partial charge in [-0.3, -0.25) is 5.41 Å². The van der Waals surface area contributed by atoms with Gasteiger partial charge in [0.05, 0.1) is 17.8 Å². The van der Waals surface area contributed by atoms with Crippen LogP contribution in [0.1, 0.15) is 15.4 Å². The molecule has 27 heavy (non-hydrogen) atoms. The van der Waals surface area contributed by atoms with E-state index in [2.05, 4.69) is 0 Å². The van der Waals surface area contributed by atoms with Crippen molar-refractivity contribution in [2.75, 3.05) is 11.4 Å². The Hall–Kier alpha value is -2.63. The van der Waals surface area contributed by atoms with E-state index >= 15 is 0 Å². The molecule has 0 saturated carbocycles. The van der Waals surface area contributed by atoms with Gasteiger partial charge < -0.3 is 10.0 Å². The smallest absolute Gasteiger partial charge is 0.139 e. The number of aromatic nitrogens is 1. The van der Waals surface area contributed by atoms with E-state index in [1.807, 2.05) is 56.3 Å². The summed E-state index contributed by atoms with van der Waals surface area (Å²) >= 11 is 7.55. The van der Waals surface area contributed by atoms with E-state index in [4.69, 9.17) is 22.0 Å². The number of aryl methyl sites for hydroxylation is 2. The molecule has 1 aromatic heterocycles. The van der Waals surface area contributed by atoms with Crippen LogP contribution in [-0.2, 0) is 0 Å². The van der Waals surface area contributed by atoms with Crippen LogP contribution in [0.3, 0.4) is 0 Å². The van der Waals surface area contributed by atoms with Crippen LogP contribution < -0.4 is 4.90 Å². The van der Waals surface area contributed by atoms with E-state index in [1.54, 1.807) is 11.0 Å². The van der Waals surface area contributed by atoms with Crippen molar-refractivity contribution in [3.8, 4) is 11.3 Å². The van der Waals surface area contributed by atoms with Gasteiger partial charge in [0.1, 0.15) is 16.6 Å². The van der Waals surface area contributed by atoms with Gasteiger partial charge in [-0.25, -0.2) is 4.98 Å². The molecule has 0 fully saturated rings. The number of nitrogens with zero attached hydrogens (tertiary/aromatic N) is 2. The predicted octanol–water partition coefficient (Wildman–Crippen LogP) is 5.85. The van der Waals surface area contributed by atoms with Gasteiger partial charge in [-0.15, -0.1) is 11.3 Å². The van der Waals surface area contributed by atoms with Crippen molar-refractivity contribution in [1.82, 2.24) is 4.98 Å². The summed E-state index contributed by atoms with van der Waals surface area (Å²) in [6, 6.07) is 15.5. The van der Waals surface area contributed by atoms with Crippen LogP contribution in [0, 0.1) is 19.3 Å². The van der Waals surface area contributed by atoms with E-state index in [-0.39, 0.29) is 18.1 Å². The number of aliphatic hydroxyl groups excluding tert-OH is 1. The highest BCUT2D eigenvalue weighted by molar-refractivity contribution is 7.13. The van der Waals surface area contributed by atoms with Crippen LogP contribution in [0.5, 0.6) is 0 Å². The summed E-state index contributed by atoms with van der Waals surface area (Å²) in [5, 5.41) is 20.6. The molecule has 0 bridgehead atoms. The SMILES string of the molecule is Cc1cc(Cl)ccc1N1CC(O)=C(c2nc(-c3ccccc3)c(C)s2)C1=N. The van der Waals surface area contributed by atoms with Crippen molar-refractivity contribution in [3.63, 3.8) is 0 Å². The van der Waals surface area contributed by atoms with Crippen LogP contribution in [0.4, 0.5) is 5.69 Å². The number of benzene rings is 2. The van der Waals surface area contributed by atoms with Gasteiger partial charge in [0.25, 0.3) is 0 Å². The predicted molar refractivity (Wildman–Crippen MR) is 113 cm³/mol. The molecule has 0 aliphatic carbocycles. The number of halogens is 1. The molecule has 2 aromatic carbocycles. The fourth-order valence-corrected chi connectivity index (χ4v) is 4.53. The Morgan fingerprint density at radius 1 is 1.15 bits per heavy atom. The van der Waals surface area contributed by atoms with Crippen molar-refractivity contribution >= 4 is 40.0 Å². The highest BCUT2D eigenvalue weighted by Crippen LogP contribution is 2.37. The second-order valence-electron chi connectivity index (χ2n) is 6.48. The molecule has 2 heterocycles. The number of hydrogen-bond acceptors (Lipinski definition) is 4. The molecule has 0 radical (unpaired) electrons. The monoisotopic (exact) mass is 395 g/mol. The van der Waals surface area contributed by atoms with Crippen molar-refractivity contribution in [2.24, 2.45) is 0 Å². The largest absolute Gasteiger partial charge is 0.510 e. The van der Waals surface area contributed by atoms with Gasteiger partial charge in [0.15, 0.2) is 0 Å². The zero-order chi connectivity index (χ0) is 19.1. The second kappa shape index (κ2) is 6.83. The molecule has 4 nitrogen and oxygen atoms in total. The lowest BCUT2D eigenvalue weighted by Crippen LogP contribution is -2.26. The molecular formula is C21H18ClN3OS.